The van der Waals surface area contributed by atoms with E-state index in [1.807, 2.05) is 72.8 Å². The second-order valence-corrected chi connectivity index (χ2v) is 5.81. The van der Waals surface area contributed by atoms with Gasteiger partial charge < -0.3 is 4.74 Å². The van der Waals surface area contributed by atoms with Crippen LogP contribution in [0.25, 0.3) is 6.08 Å². The molecule has 2 aromatic carbocycles. The fourth-order valence-electron chi connectivity index (χ4n) is 1.88. The van der Waals surface area contributed by atoms with Crippen molar-refractivity contribution in [2.45, 2.75) is 17.4 Å². The minimum atomic E-state index is -0.524. The van der Waals surface area contributed by atoms with Gasteiger partial charge in [0.15, 0.2) is 0 Å². The number of hydrogen-bond acceptors (Lipinski definition) is 4. The lowest BCUT2D eigenvalue weighted by atomic mass is 10.1. The molecule has 23 heavy (non-hydrogen) atoms. The van der Waals surface area contributed by atoms with Crippen LogP contribution >= 0.6 is 11.8 Å². The smallest absolute Gasteiger partial charge is 0.316 e. The van der Waals surface area contributed by atoms with E-state index in [0.717, 1.165) is 10.5 Å². The SMILES string of the molecule is N#CC[C@@H](/C=C/c1ccccc1)OC(=O)CSc1ccccc1. The maximum atomic E-state index is 11.9. The Morgan fingerprint density at radius 3 is 2.43 bits per heavy atom. The van der Waals surface area contributed by atoms with E-state index in [0.29, 0.717) is 0 Å². The number of benzene rings is 2. The molecule has 0 saturated carbocycles. The monoisotopic (exact) mass is 323 g/mol. The molecule has 1 atom stereocenters. The largest absolute Gasteiger partial charge is 0.456 e. The molecule has 0 fully saturated rings. The van der Waals surface area contributed by atoms with Crippen molar-refractivity contribution < 1.29 is 9.53 Å². The molecule has 0 bridgehead atoms. The molecule has 2 aromatic rings. The fourth-order valence-corrected chi connectivity index (χ4v) is 2.59. The lowest BCUT2D eigenvalue weighted by Gasteiger charge is -2.11. The van der Waals surface area contributed by atoms with Crippen LogP contribution in [0.15, 0.2) is 71.6 Å². The summed E-state index contributed by atoms with van der Waals surface area (Å²) < 4.78 is 5.37. The van der Waals surface area contributed by atoms with Crippen LogP contribution in [-0.4, -0.2) is 17.8 Å². The molecule has 2 rings (SSSR count). The first-order valence-corrected chi connectivity index (χ1v) is 8.24. The summed E-state index contributed by atoms with van der Waals surface area (Å²) in [6.45, 7) is 0. The lowest BCUT2D eigenvalue weighted by molar-refractivity contribution is -0.143. The van der Waals surface area contributed by atoms with Gasteiger partial charge in [-0.2, -0.15) is 5.26 Å². The van der Waals surface area contributed by atoms with Crippen molar-refractivity contribution in [1.29, 1.82) is 5.26 Å². The van der Waals surface area contributed by atoms with Crippen molar-refractivity contribution in [2.75, 3.05) is 5.75 Å². The minimum absolute atomic E-state index is 0.144. The molecule has 0 N–H and O–H groups in total. The number of nitrogens with zero attached hydrogens (tertiary/aromatic N) is 1. The van der Waals surface area contributed by atoms with Gasteiger partial charge in [0.2, 0.25) is 0 Å². The zero-order chi connectivity index (χ0) is 16.3. The number of carbonyl (C=O) groups excluding carboxylic acids is 1. The summed E-state index contributed by atoms with van der Waals surface area (Å²) in [5.74, 6) is -0.0951. The third-order valence-corrected chi connectivity index (χ3v) is 3.96. The van der Waals surface area contributed by atoms with Gasteiger partial charge in [0, 0.05) is 4.90 Å². The van der Waals surface area contributed by atoms with Crippen molar-refractivity contribution in [3.8, 4) is 6.07 Å². The molecule has 0 aromatic heterocycles. The first-order valence-electron chi connectivity index (χ1n) is 7.25. The summed E-state index contributed by atoms with van der Waals surface area (Å²) in [6.07, 6.45) is 3.23. The Labute approximate surface area is 140 Å². The van der Waals surface area contributed by atoms with Crippen LogP contribution < -0.4 is 0 Å². The molecule has 0 unspecified atom stereocenters. The van der Waals surface area contributed by atoms with Gasteiger partial charge in [0.05, 0.1) is 18.2 Å². The van der Waals surface area contributed by atoms with Crippen LogP contribution in [-0.2, 0) is 9.53 Å². The average Bonchev–Trinajstić information content (AvgIpc) is 2.60. The zero-order valence-corrected chi connectivity index (χ0v) is 13.4. The standard InChI is InChI=1S/C19H17NO2S/c20-14-13-17(12-11-16-7-3-1-4-8-16)22-19(21)15-23-18-9-5-2-6-10-18/h1-12,17H,13,15H2/b12-11+/t17-/m1/s1. The van der Waals surface area contributed by atoms with Gasteiger partial charge in [0.25, 0.3) is 0 Å². The van der Waals surface area contributed by atoms with Crippen LogP contribution in [0.3, 0.4) is 0 Å². The van der Waals surface area contributed by atoms with Crippen molar-refractivity contribution in [3.63, 3.8) is 0 Å². The highest BCUT2D eigenvalue weighted by Crippen LogP contribution is 2.17. The molecule has 0 saturated heterocycles. The van der Waals surface area contributed by atoms with Crippen LogP contribution in [0, 0.1) is 11.3 Å². The number of rotatable bonds is 7. The molecule has 3 nitrogen and oxygen atoms in total. The van der Waals surface area contributed by atoms with Gasteiger partial charge in [-0.05, 0) is 23.8 Å². The quantitative estimate of drug-likeness (QED) is 0.562. The molecular formula is C19H17NO2S. The Hall–Kier alpha value is -2.51. The molecule has 0 radical (unpaired) electrons. The summed E-state index contributed by atoms with van der Waals surface area (Å²) in [5.41, 5.74) is 1.00. The average molecular weight is 323 g/mol. The lowest BCUT2D eigenvalue weighted by Crippen LogP contribution is -2.17. The van der Waals surface area contributed by atoms with Gasteiger partial charge in [-0.25, -0.2) is 0 Å². The highest BCUT2D eigenvalue weighted by molar-refractivity contribution is 8.00. The van der Waals surface area contributed by atoms with E-state index in [2.05, 4.69) is 0 Å². The van der Waals surface area contributed by atoms with E-state index >= 15 is 0 Å². The third kappa shape index (κ3) is 6.41. The number of nitriles is 1. The molecule has 0 heterocycles. The second kappa shape index (κ2) is 9.50. The summed E-state index contributed by atoms with van der Waals surface area (Å²) in [4.78, 5) is 12.9. The Morgan fingerprint density at radius 1 is 1.13 bits per heavy atom. The predicted octanol–water partition coefficient (Wildman–Crippen LogP) is 4.32. The number of thioether (sulfide) groups is 1. The van der Waals surface area contributed by atoms with E-state index in [4.69, 9.17) is 10.00 Å². The van der Waals surface area contributed by atoms with Crippen LogP contribution in [0.2, 0.25) is 0 Å². The topological polar surface area (TPSA) is 50.1 Å². The van der Waals surface area contributed by atoms with Crippen molar-refractivity contribution >= 4 is 23.8 Å². The summed E-state index contributed by atoms with van der Waals surface area (Å²) in [6, 6.07) is 21.4. The molecule has 0 aliphatic carbocycles. The normalized spacial score (nSPS) is 11.8. The molecule has 116 valence electrons. The van der Waals surface area contributed by atoms with Gasteiger partial charge in [-0.15, -0.1) is 11.8 Å². The van der Waals surface area contributed by atoms with Gasteiger partial charge in [0.1, 0.15) is 6.10 Å². The maximum absolute atomic E-state index is 11.9. The summed E-state index contributed by atoms with van der Waals surface area (Å²) in [5, 5.41) is 8.87. The Kier molecular flexibility index (Phi) is 6.96. The highest BCUT2D eigenvalue weighted by Gasteiger charge is 2.11. The first-order chi connectivity index (χ1) is 11.3. The van der Waals surface area contributed by atoms with E-state index in [1.54, 1.807) is 6.08 Å². The van der Waals surface area contributed by atoms with Gasteiger partial charge >= 0.3 is 5.97 Å². The third-order valence-electron chi connectivity index (χ3n) is 2.98. The van der Waals surface area contributed by atoms with Crippen LogP contribution in [0.1, 0.15) is 12.0 Å². The summed E-state index contributed by atoms with van der Waals surface area (Å²) >= 11 is 1.42. The second-order valence-electron chi connectivity index (χ2n) is 4.76. The Bertz CT molecular complexity index is 678. The Morgan fingerprint density at radius 2 is 1.78 bits per heavy atom. The molecular weight excluding hydrogens is 306 g/mol. The van der Waals surface area contributed by atoms with Crippen LogP contribution in [0.5, 0.6) is 0 Å². The number of carbonyl (C=O) groups is 1. The molecule has 0 spiro atoms. The molecule has 4 heteroatoms. The van der Waals surface area contributed by atoms with Gasteiger partial charge in [-0.3, -0.25) is 4.79 Å². The number of hydrogen-bond donors (Lipinski definition) is 0. The van der Waals surface area contributed by atoms with E-state index in [-0.39, 0.29) is 18.1 Å². The summed E-state index contributed by atoms with van der Waals surface area (Å²) in [7, 11) is 0. The predicted molar refractivity (Wildman–Crippen MR) is 92.8 cm³/mol. The molecule has 0 aliphatic heterocycles. The number of esters is 1. The zero-order valence-electron chi connectivity index (χ0n) is 12.6. The molecule has 0 aliphatic rings. The number of ether oxygens (including phenoxy) is 1. The van der Waals surface area contributed by atoms with E-state index in [9.17, 15) is 4.79 Å². The van der Waals surface area contributed by atoms with Gasteiger partial charge in [-0.1, -0.05) is 54.6 Å². The van der Waals surface area contributed by atoms with E-state index < -0.39 is 6.10 Å². The van der Waals surface area contributed by atoms with Crippen molar-refractivity contribution in [2.24, 2.45) is 0 Å². The van der Waals surface area contributed by atoms with Crippen LogP contribution in [0.4, 0.5) is 0 Å². The minimum Gasteiger partial charge on any atom is -0.456 e. The van der Waals surface area contributed by atoms with E-state index in [1.165, 1.54) is 11.8 Å². The maximum Gasteiger partial charge on any atom is 0.316 e. The molecule has 0 amide bonds. The first kappa shape index (κ1) is 16.9. The highest BCUT2D eigenvalue weighted by atomic mass is 32.2. The Balaban J connectivity index is 1.87. The fraction of sp³-hybridized carbons (Fsp3) is 0.158. The van der Waals surface area contributed by atoms with Crippen molar-refractivity contribution in [3.05, 3.63) is 72.3 Å². The van der Waals surface area contributed by atoms with Crippen molar-refractivity contribution in [1.82, 2.24) is 0 Å².